The Morgan fingerprint density at radius 3 is 2.53 bits per heavy atom. The van der Waals surface area contributed by atoms with Gasteiger partial charge in [0.15, 0.2) is 5.11 Å². The minimum Gasteiger partial charge on any atom is -0.497 e. The van der Waals surface area contributed by atoms with Gasteiger partial charge in [-0.15, -0.1) is 11.3 Å². The first-order valence-electron chi connectivity index (χ1n) is 9.92. The molecule has 0 atom stereocenters. The summed E-state index contributed by atoms with van der Waals surface area (Å²) in [5, 5.41) is 6.88. The van der Waals surface area contributed by atoms with Gasteiger partial charge in [0.25, 0.3) is 0 Å². The molecular formula is C25H21N3O2S2. The van der Waals surface area contributed by atoms with E-state index in [0.717, 1.165) is 33.1 Å². The standard InChI is InChI=1S/C25H21N3O2S2/c1-16-3-13-21-22(15-16)32-24(27-21)18-7-9-19(10-8-18)26-25(31)28-23(29)14-6-17-4-11-20(30-2)12-5-17/h3-15H,1-2H3,(H2,26,28,29,31). The molecule has 2 N–H and O–H groups in total. The van der Waals surface area contributed by atoms with Crippen molar-refractivity contribution in [1.29, 1.82) is 0 Å². The zero-order chi connectivity index (χ0) is 22.5. The number of aromatic nitrogens is 1. The van der Waals surface area contributed by atoms with E-state index in [1.807, 2.05) is 54.6 Å². The lowest BCUT2D eigenvalue weighted by atomic mass is 10.2. The van der Waals surface area contributed by atoms with Gasteiger partial charge in [-0.1, -0.05) is 18.2 Å². The first kappa shape index (κ1) is 21.7. The molecule has 7 heteroatoms. The number of nitrogens with zero attached hydrogens (tertiary/aromatic N) is 1. The van der Waals surface area contributed by atoms with E-state index >= 15 is 0 Å². The summed E-state index contributed by atoms with van der Waals surface area (Å²) < 4.78 is 6.30. The highest BCUT2D eigenvalue weighted by Crippen LogP contribution is 2.31. The predicted octanol–water partition coefficient (Wildman–Crippen LogP) is 5.81. The largest absolute Gasteiger partial charge is 0.497 e. The summed E-state index contributed by atoms with van der Waals surface area (Å²) in [4.78, 5) is 16.8. The van der Waals surface area contributed by atoms with Crippen molar-refractivity contribution in [2.45, 2.75) is 6.92 Å². The zero-order valence-electron chi connectivity index (χ0n) is 17.6. The number of amides is 1. The number of anilines is 1. The topological polar surface area (TPSA) is 63.2 Å². The molecule has 0 bridgehead atoms. The number of fused-ring (bicyclic) bond motifs is 1. The van der Waals surface area contributed by atoms with Crippen molar-refractivity contribution in [1.82, 2.24) is 10.3 Å². The molecule has 5 nitrogen and oxygen atoms in total. The first-order valence-corrected chi connectivity index (χ1v) is 11.1. The van der Waals surface area contributed by atoms with Crippen LogP contribution in [-0.2, 0) is 4.79 Å². The highest BCUT2D eigenvalue weighted by atomic mass is 32.1. The van der Waals surface area contributed by atoms with Gasteiger partial charge in [-0.3, -0.25) is 10.1 Å². The van der Waals surface area contributed by atoms with Crippen LogP contribution in [0.3, 0.4) is 0 Å². The number of methoxy groups -OCH3 is 1. The molecule has 0 fully saturated rings. The molecule has 0 radical (unpaired) electrons. The zero-order valence-corrected chi connectivity index (χ0v) is 19.2. The monoisotopic (exact) mass is 459 g/mol. The van der Waals surface area contributed by atoms with Crippen LogP contribution in [0.25, 0.3) is 26.9 Å². The highest BCUT2D eigenvalue weighted by molar-refractivity contribution is 7.80. The van der Waals surface area contributed by atoms with Gasteiger partial charge in [0.2, 0.25) is 5.91 Å². The second kappa shape index (κ2) is 9.72. The summed E-state index contributed by atoms with van der Waals surface area (Å²) >= 11 is 6.92. The molecule has 160 valence electrons. The van der Waals surface area contributed by atoms with Gasteiger partial charge in [-0.05, 0) is 84.9 Å². The Kier molecular flexibility index (Phi) is 6.58. The van der Waals surface area contributed by atoms with Crippen molar-refractivity contribution in [2.24, 2.45) is 0 Å². The van der Waals surface area contributed by atoms with Crippen LogP contribution < -0.4 is 15.4 Å². The fourth-order valence-corrected chi connectivity index (χ4v) is 4.34. The third-order valence-corrected chi connectivity index (χ3v) is 5.98. The Bertz CT molecular complexity index is 1290. The molecule has 4 aromatic rings. The molecule has 4 rings (SSSR count). The van der Waals surface area contributed by atoms with E-state index in [1.54, 1.807) is 24.5 Å². The molecule has 32 heavy (non-hydrogen) atoms. The van der Waals surface area contributed by atoms with Crippen LogP contribution in [-0.4, -0.2) is 23.1 Å². The van der Waals surface area contributed by atoms with Crippen molar-refractivity contribution in [3.63, 3.8) is 0 Å². The smallest absolute Gasteiger partial charge is 0.250 e. The van der Waals surface area contributed by atoms with Crippen LogP contribution in [0.15, 0.2) is 72.8 Å². The second-order valence-electron chi connectivity index (χ2n) is 7.12. The van der Waals surface area contributed by atoms with Gasteiger partial charge in [-0.2, -0.15) is 0 Å². The number of ether oxygens (including phenoxy) is 1. The van der Waals surface area contributed by atoms with E-state index in [2.05, 4.69) is 29.7 Å². The number of thiocarbonyl (C=S) groups is 1. The van der Waals surface area contributed by atoms with E-state index in [9.17, 15) is 4.79 Å². The van der Waals surface area contributed by atoms with Crippen LogP contribution in [0.1, 0.15) is 11.1 Å². The number of thiazole rings is 1. The third-order valence-electron chi connectivity index (χ3n) is 4.71. The van der Waals surface area contributed by atoms with E-state index in [4.69, 9.17) is 21.9 Å². The van der Waals surface area contributed by atoms with Crippen LogP contribution in [0.4, 0.5) is 5.69 Å². The molecule has 0 unspecified atom stereocenters. The molecule has 0 aliphatic rings. The molecule has 3 aromatic carbocycles. The van der Waals surface area contributed by atoms with Crippen LogP contribution in [0.2, 0.25) is 0 Å². The van der Waals surface area contributed by atoms with Gasteiger partial charge in [-0.25, -0.2) is 4.98 Å². The number of hydrogen-bond acceptors (Lipinski definition) is 5. The SMILES string of the molecule is COc1ccc(C=CC(=O)NC(=S)Nc2ccc(-c3nc4ccc(C)cc4s3)cc2)cc1. The quantitative estimate of drug-likeness (QED) is 0.291. The number of benzene rings is 3. The number of rotatable bonds is 5. The second-order valence-corrected chi connectivity index (χ2v) is 8.56. The van der Waals surface area contributed by atoms with Crippen LogP contribution >= 0.6 is 23.6 Å². The number of nitrogens with one attached hydrogen (secondary N) is 2. The molecule has 0 aliphatic carbocycles. The van der Waals surface area contributed by atoms with Crippen molar-refractivity contribution >= 4 is 56.6 Å². The van der Waals surface area contributed by atoms with Crippen molar-refractivity contribution in [3.05, 3.63) is 83.9 Å². The van der Waals surface area contributed by atoms with Gasteiger partial charge in [0, 0.05) is 17.3 Å². The predicted molar refractivity (Wildman–Crippen MR) is 136 cm³/mol. The number of aryl methyl sites for hydroxylation is 1. The molecule has 1 heterocycles. The number of carbonyl (C=O) groups is 1. The molecule has 0 spiro atoms. The maximum Gasteiger partial charge on any atom is 0.250 e. The lowest BCUT2D eigenvalue weighted by Crippen LogP contribution is -2.32. The molecule has 1 amide bonds. The third kappa shape index (κ3) is 5.38. The molecule has 1 aromatic heterocycles. The summed E-state index contributed by atoms with van der Waals surface area (Å²) in [7, 11) is 1.61. The highest BCUT2D eigenvalue weighted by Gasteiger charge is 2.07. The van der Waals surface area contributed by atoms with Crippen molar-refractivity contribution in [2.75, 3.05) is 12.4 Å². The average Bonchev–Trinajstić information content (AvgIpc) is 3.21. The maximum absolute atomic E-state index is 12.1. The van der Waals surface area contributed by atoms with Crippen LogP contribution in [0.5, 0.6) is 5.75 Å². The molecule has 0 saturated carbocycles. The fourth-order valence-electron chi connectivity index (χ4n) is 3.05. The summed E-state index contributed by atoms with van der Waals surface area (Å²) in [6, 6.07) is 21.5. The Morgan fingerprint density at radius 1 is 1.06 bits per heavy atom. The average molecular weight is 460 g/mol. The Morgan fingerprint density at radius 2 is 1.81 bits per heavy atom. The lowest BCUT2D eigenvalue weighted by Gasteiger charge is -2.08. The minimum atomic E-state index is -0.306. The summed E-state index contributed by atoms with van der Waals surface area (Å²) in [6.07, 6.45) is 3.15. The molecule has 0 aliphatic heterocycles. The van der Waals surface area contributed by atoms with E-state index in [-0.39, 0.29) is 11.0 Å². The van der Waals surface area contributed by atoms with Crippen molar-refractivity contribution in [3.8, 4) is 16.3 Å². The Hall–Kier alpha value is -3.55. The maximum atomic E-state index is 12.1. The van der Waals surface area contributed by atoms with Crippen LogP contribution in [0, 0.1) is 6.92 Å². The Labute approximate surface area is 195 Å². The normalized spacial score (nSPS) is 10.9. The fraction of sp³-hybridized carbons (Fsp3) is 0.0800. The molecular weight excluding hydrogens is 438 g/mol. The summed E-state index contributed by atoms with van der Waals surface area (Å²) in [5.74, 6) is 0.459. The number of carbonyl (C=O) groups excluding carboxylic acids is 1. The van der Waals surface area contributed by atoms with E-state index in [1.165, 1.54) is 16.3 Å². The first-order chi connectivity index (χ1) is 15.5. The summed E-state index contributed by atoms with van der Waals surface area (Å²) in [6.45, 7) is 2.08. The van der Waals surface area contributed by atoms with Gasteiger partial charge < -0.3 is 10.1 Å². The van der Waals surface area contributed by atoms with Gasteiger partial charge in [0.05, 0.1) is 17.3 Å². The number of hydrogen-bond donors (Lipinski definition) is 2. The van der Waals surface area contributed by atoms with Crippen molar-refractivity contribution < 1.29 is 9.53 Å². The van der Waals surface area contributed by atoms with E-state index in [0.29, 0.717) is 0 Å². The van der Waals surface area contributed by atoms with E-state index < -0.39 is 0 Å². The minimum absolute atomic E-state index is 0.234. The summed E-state index contributed by atoms with van der Waals surface area (Å²) in [5.41, 5.74) is 4.94. The lowest BCUT2D eigenvalue weighted by molar-refractivity contribution is -0.115. The van der Waals surface area contributed by atoms with Gasteiger partial charge >= 0.3 is 0 Å². The van der Waals surface area contributed by atoms with Gasteiger partial charge in [0.1, 0.15) is 10.8 Å². The Balaban J connectivity index is 1.34. The molecule has 0 saturated heterocycles.